The number of halogens is 1. The first-order chi connectivity index (χ1) is 14.0. The average Bonchev–Trinajstić information content (AvgIpc) is 2.69. The van der Waals surface area contributed by atoms with Crippen LogP contribution in [0.5, 0.6) is 5.75 Å². The molecule has 0 spiro atoms. The summed E-state index contributed by atoms with van der Waals surface area (Å²) >= 11 is 0. The van der Waals surface area contributed by atoms with E-state index in [0.29, 0.717) is 19.2 Å². The van der Waals surface area contributed by atoms with Crippen LogP contribution in [0.1, 0.15) is 46.1 Å². The van der Waals surface area contributed by atoms with Gasteiger partial charge in [-0.2, -0.15) is 0 Å². The lowest BCUT2D eigenvalue weighted by Gasteiger charge is -2.33. The molecular formula is C22H37FN4O2. The van der Waals surface area contributed by atoms with Gasteiger partial charge in [-0.3, -0.25) is 0 Å². The summed E-state index contributed by atoms with van der Waals surface area (Å²) in [6.45, 7) is 13.6. The van der Waals surface area contributed by atoms with Crippen LogP contribution in [0, 0.1) is 5.82 Å². The summed E-state index contributed by atoms with van der Waals surface area (Å²) in [6.07, 6.45) is 2.44. The summed E-state index contributed by atoms with van der Waals surface area (Å²) in [7, 11) is 0. The lowest BCUT2D eigenvalue weighted by Crippen LogP contribution is -2.49. The fourth-order valence-corrected chi connectivity index (χ4v) is 3.32. The number of piperidine rings is 1. The Kier molecular flexibility index (Phi) is 10.2. The van der Waals surface area contributed by atoms with Gasteiger partial charge in [-0.25, -0.2) is 9.38 Å². The van der Waals surface area contributed by atoms with Gasteiger partial charge in [0.05, 0.1) is 25.9 Å². The summed E-state index contributed by atoms with van der Waals surface area (Å²) in [5.74, 6) is 0.727. The normalized spacial score (nSPS) is 16.3. The van der Waals surface area contributed by atoms with Crippen LogP contribution >= 0.6 is 0 Å². The Morgan fingerprint density at radius 3 is 2.66 bits per heavy atom. The number of likely N-dealkylation sites (tertiary alicyclic amines) is 1. The zero-order valence-corrected chi connectivity index (χ0v) is 18.3. The molecule has 1 aliphatic heterocycles. The van der Waals surface area contributed by atoms with Crippen molar-refractivity contribution >= 4 is 5.96 Å². The number of aliphatic imine (C=N–C) groups is 1. The van der Waals surface area contributed by atoms with Gasteiger partial charge in [0.2, 0.25) is 0 Å². The molecule has 0 aliphatic carbocycles. The van der Waals surface area contributed by atoms with E-state index in [9.17, 15) is 4.39 Å². The second-order valence-corrected chi connectivity index (χ2v) is 7.57. The monoisotopic (exact) mass is 408 g/mol. The fraction of sp³-hybridized carbons (Fsp3) is 0.682. The molecule has 1 aromatic carbocycles. The Morgan fingerprint density at radius 2 is 2.03 bits per heavy atom. The zero-order chi connectivity index (χ0) is 21.1. The first-order valence-electron chi connectivity index (χ1n) is 10.8. The Hall–Kier alpha value is -1.86. The first-order valence-corrected chi connectivity index (χ1v) is 10.8. The minimum atomic E-state index is -0.341. The molecule has 1 heterocycles. The Morgan fingerprint density at radius 1 is 1.28 bits per heavy atom. The maximum atomic E-state index is 14.0. The van der Waals surface area contributed by atoms with Crippen LogP contribution in [0.25, 0.3) is 0 Å². The van der Waals surface area contributed by atoms with Crippen molar-refractivity contribution in [3.8, 4) is 5.75 Å². The second kappa shape index (κ2) is 12.6. The van der Waals surface area contributed by atoms with Crippen molar-refractivity contribution in [2.45, 2.75) is 59.2 Å². The molecule has 0 atom stereocenters. The van der Waals surface area contributed by atoms with E-state index >= 15 is 0 Å². The van der Waals surface area contributed by atoms with E-state index in [1.54, 1.807) is 6.07 Å². The highest BCUT2D eigenvalue weighted by molar-refractivity contribution is 5.80. The summed E-state index contributed by atoms with van der Waals surface area (Å²) in [5.41, 5.74) is 0.822. The number of rotatable bonds is 10. The summed E-state index contributed by atoms with van der Waals surface area (Å²) in [6, 6.07) is 5.42. The second-order valence-electron chi connectivity index (χ2n) is 7.57. The van der Waals surface area contributed by atoms with Crippen molar-refractivity contribution in [2.24, 2.45) is 4.99 Å². The molecule has 0 saturated carbocycles. The number of ether oxygens (including phenoxy) is 2. The summed E-state index contributed by atoms with van der Waals surface area (Å²) in [4.78, 5) is 7.09. The Labute approximate surface area is 174 Å². The van der Waals surface area contributed by atoms with E-state index < -0.39 is 0 Å². The molecule has 2 rings (SSSR count). The van der Waals surface area contributed by atoms with E-state index in [4.69, 9.17) is 9.47 Å². The lowest BCUT2D eigenvalue weighted by atomic mass is 10.1. The third-order valence-electron chi connectivity index (χ3n) is 4.85. The van der Waals surface area contributed by atoms with Gasteiger partial charge >= 0.3 is 0 Å². The van der Waals surface area contributed by atoms with Crippen LogP contribution in [0.4, 0.5) is 4.39 Å². The van der Waals surface area contributed by atoms with Gasteiger partial charge in [-0.1, -0.05) is 6.07 Å². The van der Waals surface area contributed by atoms with Gasteiger partial charge in [0.15, 0.2) is 17.5 Å². The number of benzene rings is 1. The SMILES string of the molecule is CCNC(=NCc1ccc(OCC)c(F)c1)NC1CCN(CCOC(C)C)CC1. The molecular weight excluding hydrogens is 371 g/mol. The van der Waals surface area contributed by atoms with Gasteiger partial charge < -0.3 is 25.0 Å². The minimum absolute atomic E-state index is 0.288. The molecule has 164 valence electrons. The smallest absolute Gasteiger partial charge is 0.191 e. The van der Waals surface area contributed by atoms with Crippen LogP contribution < -0.4 is 15.4 Å². The molecule has 6 nitrogen and oxygen atoms in total. The molecule has 0 amide bonds. The van der Waals surface area contributed by atoms with Crippen molar-refractivity contribution in [2.75, 3.05) is 39.4 Å². The summed E-state index contributed by atoms with van der Waals surface area (Å²) < 4.78 is 24.9. The topological polar surface area (TPSA) is 58.1 Å². The van der Waals surface area contributed by atoms with Crippen LogP contribution in [0.3, 0.4) is 0 Å². The van der Waals surface area contributed by atoms with E-state index in [1.807, 2.05) is 19.9 Å². The van der Waals surface area contributed by atoms with Gasteiger partial charge in [0, 0.05) is 32.2 Å². The first kappa shape index (κ1) is 23.4. The molecule has 1 fully saturated rings. The third-order valence-corrected chi connectivity index (χ3v) is 4.85. The van der Waals surface area contributed by atoms with Gasteiger partial charge in [-0.05, 0) is 58.2 Å². The highest BCUT2D eigenvalue weighted by Crippen LogP contribution is 2.18. The van der Waals surface area contributed by atoms with Crippen molar-refractivity contribution in [3.05, 3.63) is 29.6 Å². The van der Waals surface area contributed by atoms with Crippen molar-refractivity contribution in [1.29, 1.82) is 0 Å². The highest BCUT2D eigenvalue weighted by atomic mass is 19.1. The van der Waals surface area contributed by atoms with E-state index in [0.717, 1.165) is 57.2 Å². The molecule has 1 aromatic rings. The van der Waals surface area contributed by atoms with E-state index in [2.05, 4.69) is 34.4 Å². The molecule has 0 aromatic heterocycles. The maximum Gasteiger partial charge on any atom is 0.191 e. The van der Waals surface area contributed by atoms with Gasteiger partial charge in [-0.15, -0.1) is 0 Å². The van der Waals surface area contributed by atoms with Crippen molar-refractivity contribution < 1.29 is 13.9 Å². The Bertz CT molecular complexity index is 631. The molecule has 0 bridgehead atoms. The van der Waals surface area contributed by atoms with Crippen LogP contribution in [0.2, 0.25) is 0 Å². The molecule has 7 heteroatoms. The van der Waals surface area contributed by atoms with Crippen LogP contribution in [0.15, 0.2) is 23.2 Å². The Balaban J connectivity index is 1.83. The van der Waals surface area contributed by atoms with Crippen LogP contribution in [-0.4, -0.2) is 62.4 Å². The molecule has 0 unspecified atom stereocenters. The lowest BCUT2D eigenvalue weighted by molar-refractivity contribution is 0.0532. The number of nitrogens with zero attached hydrogens (tertiary/aromatic N) is 2. The number of guanidine groups is 1. The van der Waals surface area contributed by atoms with E-state index in [1.165, 1.54) is 6.07 Å². The van der Waals surface area contributed by atoms with Crippen molar-refractivity contribution in [3.63, 3.8) is 0 Å². The third kappa shape index (κ3) is 8.58. The fourth-order valence-electron chi connectivity index (χ4n) is 3.32. The quantitative estimate of drug-likeness (QED) is 0.460. The molecule has 1 aliphatic rings. The average molecular weight is 409 g/mol. The number of hydrogen-bond donors (Lipinski definition) is 2. The van der Waals surface area contributed by atoms with Crippen LogP contribution in [-0.2, 0) is 11.3 Å². The molecule has 2 N–H and O–H groups in total. The van der Waals surface area contributed by atoms with Gasteiger partial charge in [0.1, 0.15) is 0 Å². The highest BCUT2D eigenvalue weighted by Gasteiger charge is 2.19. The predicted octanol–water partition coefficient (Wildman–Crippen LogP) is 3.17. The van der Waals surface area contributed by atoms with Gasteiger partial charge in [0.25, 0.3) is 0 Å². The molecule has 0 radical (unpaired) electrons. The summed E-state index contributed by atoms with van der Waals surface area (Å²) in [5, 5.41) is 6.82. The standard InChI is InChI=1S/C22H37FN4O2/c1-5-24-22(25-16-18-7-8-21(28-6-2)20(23)15-18)26-19-9-11-27(12-10-19)13-14-29-17(3)4/h7-8,15,17,19H,5-6,9-14,16H2,1-4H3,(H2,24,25,26). The largest absolute Gasteiger partial charge is 0.491 e. The minimum Gasteiger partial charge on any atom is -0.491 e. The maximum absolute atomic E-state index is 14.0. The number of nitrogens with one attached hydrogen (secondary N) is 2. The van der Waals surface area contributed by atoms with Crippen molar-refractivity contribution in [1.82, 2.24) is 15.5 Å². The molecule has 1 saturated heterocycles. The zero-order valence-electron chi connectivity index (χ0n) is 18.3. The predicted molar refractivity (Wildman–Crippen MR) is 116 cm³/mol. The number of hydrogen-bond acceptors (Lipinski definition) is 4. The molecule has 29 heavy (non-hydrogen) atoms. The van der Waals surface area contributed by atoms with E-state index in [-0.39, 0.29) is 17.7 Å².